The minimum Gasteiger partial charge on any atom is -0.478 e. The molecule has 0 aromatic carbocycles. The fourth-order valence-electron chi connectivity index (χ4n) is 2.25. The van der Waals surface area contributed by atoms with Crippen molar-refractivity contribution in [3.63, 3.8) is 0 Å². The summed E-state index contributed by atoms with van der Waals surface area (Å²) in [6.07, 6.45) is 1.67. The number of carboxylic acids is 1. The number of aromatic nitrogens is 1. The van der Waals surface area contributed by atoms with E-state index < -0.39 is 5.97 Å². The lowest BCUT2D eigenvalue weighted by Crippen LogP contribution is -2.41. The summed E-state index contributed by atoms with van der Waals surface area (Å²) in [5.41, 5.74) is 0.844. The fraction of sp³-hybridized carbons (Fsp3) is 0.571. The number of pyridine rings is 1. The second kappa shape index (κ2) is 5.17. The molecular weight excluding hydrogens is 244 g/mol. The molecule has 5 nitrogen and oxygen atoms in total. The summed E-state index contributed by atoms with van der Waals surface area (Å²) in [4.78, 5) is 15.6. The molecule has 1 aliphatic heterocycles. The molecule has 2 atom stereocenters. The average molecular weight is 264 g/mol. The number of rotatable bonds is 4. The highest BCUT2D eigenvalue weighted by atomic mass is 16.5. The van der Waals surface area contributed by atoms with Crippen molar-refractivity contribution in [2.45, 2.75) is 45.3 Å². The Kier molecular flexibility index (Phi) is 3.75. The molecule has 2 N–H and O–H groups in total. The molecule has 1 fully saturated rings. The van der Waals surface area contributed by atoms with Crippen LogP contribution in [-0.4, -0.2) is 34.3 Å². The van der Waals surface area contributed by atoms with Crippen LogP contribution < -0.4 is 5.32 Å². The number of carbonyl (C=O) groups is 1. The summed E-state index contributed by atoms with van der Waals surface area (Å²) in [5.74, 6) is -0.322. The van der Waals surface area contributed by atoms with E-state index in [1.165, 1.54) is 0 Å². The third-order valence-electron chi connectivity index (χ3n) is 3.79. The number of hydrogen-bond acceptors (Lipinski definition) is 4. The maximum Gasteiger partial charge on any atom is 0.335 e. The molecule has 104 valence electrons. The molecule has 5 heteroatoms. The fourth-order valence-corrected chi connectivity index (χ4v) is 2.25. The molecule has 1 aliphatic rings. The zero-order chi connectivity index (χ0) is 14.0. The first-order valence-corrected chi connectivity index (χ1v) is 6.58. The number of anilines is 1. The van der Waals surface area contributed by atoms with E-state index in [4.69, 9.17) is 9.84 Å². The van der Waals surface area contributed by atoms with Gasteiger partial charge in [0.15, 0.2) is 0 Å². The summed E-state index contributed by atoms with van der Waals surface area (Å²) < 4.78 is 5.57. The van der Waals surface area contributed by atoms with Crippen LogP contribution in [0.4, 0.5) is 5.82 Å². The Labute approximate surface area is 113 Å². The number of nitrogens with zero attached hydrogens (tertiary/aromatic N) is 1. The predicted molar refractivity (Wildman–Crippen MR) is 72.6 cm³/mol. The minimum absolute atomic E-state index is 0.0767. The van der Waals surface area contributed by atoms with Gasteiger partial charge in [-0.05, 0) is 38.8 Å². The highest BCUT2D eigenvalue weighted by molar-refractivity contribution is 5.88. The third kappa shape index (κ3) is 2.87. The number of hydrogen-bond donors (Lipinski definition) is 2. The largest absolute Gasteiger partial charge is 0.478 e. The van der Waals surface area contributed by atoms with Crippen LogP contribution in [0.2, 0.25) is 0 Å². The van der Waals surface area contributed by atoms with Gasteiger partial charge < -0.3 is 15.2 Å². The van der Waals surface area contributed by atoms with Crippen LogP contribution in [0.3, 0.4) is 0 Å². The highest BCUT2D eigenvalue weighted by Gasteiger charge is 2.37. The van der Waals surface area contributed by atoms with Crippen molar-refractivity contribution in [2.24, 2.45) is 0 Å². The van der Waals surface area contributed by atoms with Gasteiger partial charge in [-0.25, -0.2) is 9.78 Å². The first kappa shape index (κ1) is 13.8. The second-order valence-electron chi connectivity index (χ2n) is 5.20. The van der Waals surface area contributed by atoms with Crippen molar-refractivity contribution in [3.05, 3.63) is 23.4 Å². The normalized spacial score (nSPS) is 26.4. The van der Waals surface area contributed by atoms with E-state index >= 15 is 0 Å². The molecule has 0 radical (unpaired) electrons. The number of ether oxygens (including phenoxy) is 1. The summed E-state index contributed by atoms with van der Waals surface area (Å²) >= 11 is 0. The Morgan fingerprint density at radius 1 is 1.63 bits per heavy atom. The summed E-state index contributed by atoms with van der Waals surface area (Å²) in [7, 11) is 0. The standard InChI is InChI=1S/C14H20N2O3/c1-4-11-7-10(13(17)18)8-12(15-11)16-14(3)5-6-19-9(14)2/h7-9H,4-6H2,1-3H3,(H,15,16)(H,17,18). The molecule has 1 aromatic heterocycles. The topological polar surface area (TPSA) is 71.5 Å². The van der Waals surface area contributed by atoms with Gasteiger partial charge in [-0.15, -0.1) is 0 Å². The Morgan fingerprint density at radius 3 is 2.89 bits per heavy atom. The zero-order valence-corrected chi connectivity index (χ0v) is 11.6. The van der Waals surface area contributed by atoms with Crippen LogP contribution in [0.1, 0.15) is 43.2 Å². The number of carboxylic acid groups (broad SMARTS) is 1. The van der Waals surface area contributed by atoms with E-state index in [1.54, 1.807) is 12.1 Å². The van der Waals surface area contributed by atoms with E-state index in [9.17, 15) is 4.79 Å². The quantitative estimate of drug-likeness (QED) is 0.873. The Hall–Kier alpha value is -1.62. The van der Waals surface area contributed by atoms with Gasteiger partial charge in [-0.1, -0.05) is 6.92 Å². The summed E-state index contributed by atoms with van der Waals surface area (Å²) in [6, 6.07) is 3.20. The lowest BCUT2D eigenvalue weighted by Gasteiger charge is -2.29. The monoisotopic (exact) mass is 264 g/mol. The van der Waals surface area contributed by atoms with Crippen LogP contribution in [0.25, 0.3) is 0 Å². The summed E-state index contributed by atoms with van der Waals surface area (Å²) in [6.45, 7) is 6.76. The molecule has 0 bridgehead atoms. The molecule has 19 heavy (non-hydrogen) atoms. The van der Waals surface area contributed by atoms with Crippen molar-refractivity contribution in [1.29, 1.82) is 0 Å². The molecular formula is C14H20N2O3. The maximum absolute atomic E-state index is 11.1. The molecule has 0 amide bonds. The lowest BCUT2D eigenvalue weighted by atomic mass is 9.94. The number of aromatic carboxylic acids is 1. The van der Waals surface area contributed by atoms with Crippen LogP contribution in [0, 0.1) is 0 Å². The van der Waals surface area contributed by atoms with Gasteiger partial charge in [-0.3, -0.25) is 0 Å². The number of nitrogens with one attached hydrogen (secondary N) is 1. The minimum atomic E-state index is -0.930. The molecule has 1 aromatic rings. The Morgan fingerprint density at radius 2 is 2.37 bits per heavy atom. The van der Waals surface area contributed by atoms with Crippen LogP contribution in [-0.2, 0) is 11.2 Å². The van der Waals surface area contributed by atoms with Crippen LogP contribution in [0.5, 0.6) is 0 Å². The van der Waals surface area contributed by atoms with Crippen molar-refractivity contribution in [1.82, 2.24) is 4.98 Å². The Balaban J connectivity index is 2.29. The molecule has 2 rings (SSSR count). The predicted octanol–water partition coefficient (Wildman–Crippen LogP) is 2.32. The molecule has 2 heterocycles. The maximum atomic E-state index is 11.1. The van der Waals surface area contributed by atoms with E-state index in [-0.39, 0.29) is 17.2 Å². The molecule has 0 saturated carbocycles. The van der Waals surface area contributed by atoms with Crippen LogP contribution >= 0.6 is 0 Å². The smallest absolute Gasteiger partial charge is 0.335 e. The summed E-state index contributed by atoms with van der Waals surface area (Å²) in [5, 5.41) is 12.5. The van der Waals surface area contributed by atoms with E-state index in [0.29, 0.717) is 18.8 Å². The van der Waals surface area contributed by atoms with Crippen molar-refractivity contribution in [2.75, 3.05) is 11.9 Å². The van der Waals surface area contributed by atoms with Crippen molar-refractivity contribution >= 4 is 11.8 Å². The van der Waals surface area contributed by atoms with E-state index in [2.05, 4.69) is 17.2 Å². The van der Waals surface area contributed by atoms with Gasteiger partial charge >= 0.3 is 5.97 Å². The Bertz CT molecular complexity index is 490. The van der Waals surface area contributed by atoms with Crippen molar-refractivity contribution < 1.29 is 14.6 Å². The van der Waals surface area contributed by atoms with Gasteiger partial charge in [0.25, 0.3) is 0 Å². The first-order chi connectivity index (χ1) is 8.94. The third-order valence-corrected chi connectivity index (χ3v) is 3.79. The first-order valence-electron chi connectivity index (χ1n) is 6.58. The SMILES string of the molecule is CCc1cc(C(=O)O)cc(NC2(C)CCOC2C)n1. The average Bonchev–Trinajstić information content (AvgIpc) is 2.68. The van der Waals surface area contributed by atoms with E-state index in [0.717, 1.165) is 12.1 Å². The van der Waals surface area contributed by atoms with Gasteiger partial charge in [0.05, 0.1) is 17.2 Å². The van der Waals surface area contributed by atoms with Crippen LogP contribution in [0.15, 0.2) is 12.1 Å². The lowest BCUT2D eigenvalue weighted by molar-refractivity contribution is 0.0696. The molecule has 0 aliphatic carbocycles. The van der Waals surface area contributed by atoms with E-state index in [1.807, 2.05) is 13.8 Å². The highest BCUT2D eigenvalue weighted by Crippen LogP contribution is 2.29. The molecule has 0 spiro atoms. The van der Waals surface area contributed by atoms with Gasteiger partial charge in [0.1, 0.15) is 5.82 Å². The zero-order valence-electron chi connectivity index (χ0n) is 11.6. The molecule has 2 unspecified atom stereocenters. The van der Waals surface area contributed by atoms with Crippen molar-refractivity contribution in [3.8, 4) is 0 Å². The second-order valence-corrected chi connectivity index (χ2v) is 5.20. The van der Waals surface area contributed by atoms with Gasteiger partial charge in [0, 0.05) is 12.3 Å². The number of aryl methyl sites for hydroxylation is 1. The van der Waals surface area contributed by atoms with Gasteiger partial charge in [0.2, 0.25) is 0 Å². The molecule has 1 saturated heterocycles. The van der Waals surface area contributed by atoms with Gasteiger partial charge in [-0.2, -0.15) is 0 Å².